The SMILES string of the molecule is CC(C)(C)[C@H](N)C(=O)N1CC2(CC2)C[C@H]1C(=O)N1C[C@@]2(C[C@H]1C(N)=O)Oc1cccnc1NC2=O. The van der Waals surface area contributed by atoms with Crippen LogP contribution in [-0.2, 0) is 19.2 Å². The summed E-state index contributed by atoms with van der Waals surface area (Å²) in [6.45, 7) is 5.95. The molecule has 2 saturated heterocycles. The normalized spacial score (nSPS) is 29.5. The Labute approximate surface area is 203 Å². The van der Waals surface area contributed by atoms with Gasteiger partial charge in [-0.1, -0.05) is 20.8 Å². The zero-order chi connectivity index (χ0) is 25.3. The van der Waals surface area contributed by atoms with E-state index in [1.54, 1.807) is 17.0 Å². The first-order valence-electron chi connectivity index (χ1n) is 12.0. The Kier molecular flexibility index (Phi) is 5.14. The van der Waals surface area contributed by atoms with E-state index in [0.717, 1.165) is 12.8 Å². The number of nitrogens with two attached hydrogens (primary N) is 2. The third kappa shape index (κ3) is 3.81. The van der Waals surface area contributed by atoms with Crippen molar-refractivity contribution in [2.75, 3.05) is 18.4 Å². The number of primary amides is 1. The van der Waals surface area contributed by atoms with Crippen molar-refractivity contribution in [3.8, 4) is 5.75 Å². The van der Waals surface area contributed by atoms with Gasteiger partial charge in [-0.3, -0.25) is 19.2 Å². The van der Waals surface area contributed by atoms with Crippen LogP contribution in [0.3, 0.4) is 0 Å². The van der Waals surface area contributed by atoms with Gasteiger partial charge in [-0.2, -0.15) is 0 Å². The van der Waals surface area contributed by atoms with Gasteiger partial charge < -0.3 is 31.3 Å². The summed E-state index contributed by atoms with van der Waals surface area (Å²) >= 11 is 0. The molecule has 5 N–H and O–H groups in total. The summed E-state index contributed by atoms with van der Waals surface area (Å²) in [6.07, 6.45) is 3.82. The summed E-state index contributed by atoms with van der Waals surface area (Å²) in [4.78, 5) is 59.8. The Morgan fingerprint density at radius 3 is 2.51 bits per heavy atom. The van der Waals surface area contributed by atoms with Gasteiger partial charge in [0, 0.05) is 19.2 Å². The molecule has 0 radical (unpaired) electrons. The van der Waals surface area contributed by atoms with Crippen LogP contribution >= 0.6 is 0 Å². The van der Waals surface area contributed by atoms with Crippen LogP contribution in [-0.4, -0.2) is 75.2 Å². The Hall–Kier alpha value is -3.21. The van der Waals surface area contributed by atoms with Gasteiger partial charge in [0.2, 0.25) is 23.3 Å². The van der Waals surface area contributed by atoms with Crippen molar-refractivity contribution in [3.63, 3.8) is 0 Å². The predicted molar refractivity (Wildman–Crippen MR) is 125 cm³/mol. The number of ether oxygens (including phenoxy) is 1. The largest absolute Gasteiger partial charge is 0.472 e. The maximum atomic E-state index is 13.9. The minimum Gasteiger partial charge on any atom is -0.472 e. The fourth-order valence-corrected chi connectivity index (χ4v) is 5.43. The van der Waals surface area contributed by atoms with Crippen LogP contribution in [0.2, 0.25) is 0 Å². The second-order valence-electron chi connectivity index (χ2n) is 11.5. The van der Waals surface area contributed by atoms with E-state index in [0.29, 0.717) is 18.7 Å². The van der Waals surface area contributed by atoms with Crippen LogP contribution in [0.1, 0.15) is 46.5 Å². The fraction of sp³-hybridized carbons (Fsp3) is 0.625. The van der Waals surface area contributed by atoms with Gasteiger partial charge >= 0.3 is 0 Å². The smallest absolute Gasteiger partial charge is 0.271 e. The first-order valence-corrected chi connectivity index (χ1v) is 12.0. The monoisotopic (exact) mass is 484 g/mol. The number of carbonyl (C=O) groups is 4. The van der Waals surface area contributed by atoms with E-state index in [2.05, 4.69) is 10.3 Å². The van der Waals surface area contributed by atoms with Crippen LogP contribution in [0, 0.1) is 10.8 Å². The number of amides is 4. The van der Waals surface area contributed by atoms with Crippen molar-refractivity contribution in [1.82, 2.24) is 14.8 Å². The average Bonchev–Trinajstić information content (AvgIpc) is 3.27. The van der Waals surface area contributed by atoms with Crippen molar-refractivity contribution < 1.29 is 23.9 Å². The van der Waals surface area contributed by atoms with Crippen molar-refractivity contribution in [2.24, 2.45) is 22.3 Å². The first-order chi connectivity index (χ1) is 16.4. The summed E-state index contributed by atoms with van der Waals surface area (Å²) in [5.41, 5.74) is 9.93. The Balaban J connectivity index is 1.44. The fourth-order valence-electron chi connectivity index (χ4n) is 5.43. The molecular weight excluding hydrogens is 452 g/mol. The second kappa shape index (κ2) is 7.64. The molecule has 0 unspecified atom stereocenters. The van der Waals surface area contributed by atoms with Gasteiger partial charge in [-0.05, 0) is 42.2 Å². The average molecular weight is 485 g/mol. The molecule has 1 aromatic heterocycles. The van der Waals surface area contributed by atoms with E-state index in [1.807, 2.05) is 20.8 Å². The number of nitrogens with one attached hydrogen (secondary N) is 1. The Morgan fingerprint density at radius 2 is 1.89 bits per heavy atom. The lowest BCUT2D eigenvalue weighted by Gasteiger charge is -2.35. The van der Waals surface area contributed by atoms with Crippen molar-refractivity contribution in [3.05, 3.63) is 18.3 Å². The molecule has 1 saturated carbocycles. The highest BCUT2D eigenvalue weighted by molar-refractivity contribution is 6.03. The molecule has 188 valence electrons. The number of rotatable bonds is 3. The molecule has 11 heteroatoms. The maximum absolute atomic E-state index is 13.9. The molecule has 4 heterocycles. The Morgan fingerprint density at radius 1 is 1.17 bits per heavy atom. The van der Waals surface area contributed by atoms with Gasteiger partial charge in [-0.25, -0.2) is 4.98 Å². The number of carbonyl (C=O) groups excluding carboxylic acids is 4. The Bertz CT molecular complexity index is 1110. The highest BCUT2D eigenvalue weighted by Gasteiger charge is 2.61. The number of pyridine rings is 1. The first kappa shape index (κ1) is 23.5. The number of fused-ring (bicyclic) bond motifs is 1. The highest BCUT2D eigenvalue weighted by atomic mass is 16.5. The van der Waals surface area contributed by atoms with Crippen LogP contribution in [0.5, 0.6) is 5.75 Å². The second-order valence-corrected chi connectivity index (χ2v) is 11.5. The summed E-state index contributed by atoms with van der Waals surface area (Å²) in [7, 11) is 0. The molecule has 4 amide bonds. The van der Waals surface area contributed by atoms with E-state index in [9.17, 15) is 19.2 Å². The molecule has 4 atom stereocenters. The molecule has 1 aromatic rings. The van der Waals surface area contributed by atoms with Crippen LogP contribution < -0.4 is 21.5 Å². The van der Waals surface area contributed by atoms with Crippen LogP contribution in [0.15, 0.2) is 18.3 Å². The zero-order valence-corrected chi connectivity index (χ0v) is 20.2. The number of hydrogen-bond donors (Lipinski definition) is 3. The summed E-state index contributed by atoms with van der Waals surface area (Å²) in [5.74, 6) is -1.27. The van der Waals surface area contributed by atoms with Crippen LogP contribution in [0.4, 0.5) is 5.82 Å². The highest BCUT2D eigenvalue weighted by Crippen LogP contribution is 2.55. The molecule has 5 rings (SSSR count). The molecule has 35 heavy (non-hydrogen) atoms. The van der Waals surface area contributed by atoms with Gasteiger partial charge in [0.15, 0.2) is 11.6 Å². The molecule has 4 aliphatic rings. The number of aromatic nitrogens is 1. The van der Waals surface area contributed by atoms with Gasteiger partial charge in [-0.15, -0.1) is 0 Å². The topological polar surface area (TPSA) is 161 Å². The van der Waals surface area contributed by atoms with E-state index < -0.39 is 46.9 Å². The van der Waals surface area contributed by atoms with E-state index in [1.165, 1.54) is 11.1 Å². The molecule has 11 nitrogen and oxygen atoms in total. The molecule has 3 aliphatic heterocycles. The van der Waals surface area contributed by atoms with Gasteiger partial charge in [0.05, 0.1) is 12.6 Å². The summed E-state index contributed by atoms with van der Waals surface area (Å²) in [5, 5.41) is 2.72. The van der Waals surface area contributed by atoms with E-state index >= 15 is 0 Å². The molecule has 1 aliphatic carbocycles. The third-order valence-corrected chi connectivity index (χ3v) is 7.89. The van der Waals surface area contributed by atoms with Gasteiger partial charge in [0.1, 0.15) is 12.1 Å². The third-order valence-electron chi connectivity index (χ3n) is 7.89. The molecule has 3 fully saturated rings. The molecular formula is C24H32N6O5. The minimum absolute atomic E-state index is 0.0818. The predicted octanol–water partition coefficient (Wildman–Crippen LogP) is -0.00800. The van der Waals surface area contributed by atoms with Crippen molar-refractivity contribution in [2.45, 2.75) is 70.2 Å². The number of hydrogen-bond acceptors (Lipinski definition) is 7. The minimum atomic E-state index is -1.47. The number of nitrogens with zero attached hydrogens (tertiary/aromatic N) is 3. The molecule has 0 aromatic carbocycles. The van der Waals surface area contributed by atoms with Crippen molar-refractivity contribution >= 4 is 29.4 Å². The lowest BCUT2D eigenvalue weighted by molar-refractivity contribution is -0.148. The molecule has 0 bridgehead atoms. The molecule has 2 spiro atoms. The van der Waals surface area contributed by atoms with E-state index in [-0.39, 0.29) is 30.1 Å². The number of likely N-dealkylation sites (tertiary alicyclic amines) is 2. The lowest BCUT2D eigenvalue weighted by Crippen LogP contribution is -2.57. The maximum Gasteiger partial charge on any atom is 0.271 e. The summed E-state index contributed by atoms with van der Waals surface area (Å²) < 4.78 is 6.05. The summed E-state index contributed by atoms with van der Waals surface area (Å²) in [6, 6.07) is 0.741. The quantitative estimate of drug-likeness (QED) is 0.544. The standard InChI is InChI=1S/C24H32N6O5/c1-22(2,3)16(25)20(33)29-11-23(6-7-23)9-14(29)19(32)30-12-24(10-13(30)17(26)31)21(34)28-18-15(35-24)5-4-8-27-18/h4-5,8,13-14,16H,6-7,9-12,25H2,1-3H3,(H2,26,31)(H,27,28,34)/t13-,14-,16+,24+/m0/s1. The number of anilines is 1. The van der Waals surface area contributed by atoms with Crippen molar-refractivity contribution in [1.29, 1.82) is 0 Å². The van der Waals surface area contributed by atoms with Gasteiger partial charge in [0.25, 0.3) is 5.91 Å². The van der Waals surface area contributed by atoms with Crippen LogP contribution in [0.25, 0.3) is 0 Å². The lowest BCUT2D eigenvalue weighted by atomic mass is 9.86. The zero-order valence-electron chi connectivity index (χ0n) is 20.2. The van der Waals surface area contributed by atoms with E-state index in [4.69, 9.17) is 16.2 Å².